The number of carbonyl (C=O) groups excluding carboxylic acids is 1. The van der Waals surface area contributed by atoms with Crippen LogP contribution in [0, 0.1) is 13.8 Å². The average molecular weight is 354 g/mol. The van der Waals surface area contributed by atoms with E-state index in [-0.39, 0.29) is 24.3 Å². The van der Waals surface area contributed by atoms with Crippen LogP contribution < -0.4 is 10.1 Å². The van der Waals surface area contributed by atoms with Crippen molar-refractivity contribution in [2.75, 3.05) is 25.4 Å². The van der Waals surface area contributed by atoms with Gasteiger partial charge in [-0.1, -0.05) is 6.07 Å². The predicted molar refractivity (Wildman–Crippen MR) is 93.6 cm³/mol. The third kappa shape index (κ3) is 4.95. The lowest BCUT2D eigenvalue weighted by molar-refractivity contribution is -0.124. The largest absolute Gasteiger partial charge is 0.484 e. The summed E-state index contributed by atoms with van der Waals surface area (Å²) >= 11 is 0. The molecule has 1 fully saturated rings. The van der Waals surface area contributed by atoms with Crippen LogP contribution in [-0.4, -0.2) is 50.1 Å². The molecule has 1 aromatic carbocycles. The number of sulfonamides is 1. The minimum absolute atomic E-state index is 0.00385. The Morgan fingerprint density at radius 3 is 2.50 bits per heavy atom. The maximum absolute atomic E-state index is 12.0. The zero-order valence-corrected chi connectivity index (χ0v) is 15.4. The molecule has 0 aromatic heterocycles. The van der Waals surface area contributed by atoms with Crippen molar-refractivity contribution in [1.82, 2.24) is 9.62 Å². The fraction of sp³-hybridized carbons (Fsp3) is 0.588. The summed E-state index contributed by atoms with van der Waals surface area (Å²) < 4.78 is 30.6. The molecule has 0 spiro atoms. The van der Waals surface area contributed by atoms with Crippen molar-refractivity contribution in [2.45, 2.75) is 39.7 Å². The summed E-state index contributed by atoms with van der Waals surface area (Å²) in [6.45, 7) is 6.55. The quantitative estimate of drug-likeness (QED) is 0.842. The number of ether oxygens (including phenoxy) is 1. The SMILES string of the molecule is CCS(=O)(=O)N1CCC(NC(=O)COc2ccc(C)c(C)c2)CC1. The Balaban J connectivity index is 1.76. The number of nitrogens with zero attached hydrogens (tertiary/aromatic N) is 1. The highest BCUT2D eigenvalue weighted by molar-refractivity contribution is 7.89. The van der Waals surface area contributed by atoms with Gasteiger partial charge in [-0.2, -0.15) is 0 Å². The summed E-state index contributed by atoms with van der Waals surface area (Å²) in [7, 11) is -3.13. The molecule has 6 nitrogen and oxygen atoms in total. The van der Waals surface area contributed by atoms with E-state index in [1.165, 1.54) is 9.87 Å². The van der Waals surface area contributed by atoms with Gasteiger partial charge >= 0.3 is 0 Å². The maximum Gasteiger partial charge on any atom is 0.258 e. The molecule has 0 unspecified atom stereocenters. The van der Waals surface area contributed by atoms with Crippen molar-refractivity contribution in [1.29, 1.82) is 0 Å². The molecule has 1 aliphatic rings. The number of piperidine rings is 1. The van der Waals surface area contributed by atoms with Crippen LogP contribution in [0.3, 0.4) is 0 Å². The van der Waals surface area contributed by atoms with Crippen LogP contribution in [0.15, 0.2) is 18.2 Å². The number of benzene rings is 1. The van der Waals surface area contributed by atoms with Crippen molar-refractivity contribution in [3.8, 4) is 5.75 Å². The zero-order chi connectivity index (χ0) is 17.7. The van der Waals surface area contributed by atoms with E-state index in [9.17, 15) is 13.2 Å². The molecule has 1 N–H and O–H groups in total. The van der Waals surface area contributed by atoms with Crippen LogP contribution in [0.5, 0.6) is 5.75 Å². The molecule has 1 amide bonds. The lowest BCUT2D eigenvalue weighted by atomic mass is 10.1. The van der Waals surface area contributed by atoms with Gasteiger partial charge in [0.15, 0.2) is 6.61 Å². The minimum atomic E-state index is -3.13. The summed E-state index contributed by atoms with van der Waals surface area (Å²) in [6, 6.07) is 5.73. The van der Waals surface area contributed by atoms with Crippen LogP contribution >= 0.6 is 0 Å². The summed E-state index contributed by atoms with van der Waals surface area (Å²) in [5, 5.41) is 2.92. The first-order valence-electron chi connectivity index (χ1n) is 8.29. The Morgan fingerprint density at radius 1 is 1.25 bits per heavy atom. The number of hydrogen-bond acceptors (Lipinski definition) is 4. The zero-order valence-electron chi connectivity index (χ0n) is 14.5. The summed E-state index contributed by atoms with van der Waals surface area (Å²) in [5.74, 6) is 0.621. The molecule has 1 saturated heterocycles. The molecule has 1 aliphatic heterocycles. The van der Waals surface area contributed by atoms with E-state index in [1.54, 1.807) is 6.92 Å². The maximum atomic E-state index is 12.0. The fourth-order valence-electron chi connectivity index (χ4n) is 2.68. The topological polar surface area (TPSA) is 75.7 Å². The Kier molecular flexibility index (Phi) is 6.23. The average Bonchev–Trinajstić information content (AvgIpc) is 2.56. The van der Waals surface area contributed by atoms with Gasteiger partial charge in [0.1, 0.15) is 5.75 Å². The molecule has 0 radical (unpaired) electrons. The van der Waals surface area contributed by atoms with Gasteiger partial charge in [-0.15, -0.1) is 0 Å². The molecular formula is C17H26N2O4S. The van der Waals surface area contributed by atoms with Crippen molar-refractivity contribution in [2.24, 2.45) is 0 Å². The van der Waals surface area contributed by atoms with Gasteiger partial charge in [-0.25, -0.2) is 12.7 Å². The van der Waals surface area contributed by atoms with E-state index in [0.29, 0.717) is 31.7 Å². The van der Waals surface area contributed by atoms with Crippen LogP contribution in [0.1, 0.15) is 30.9 Å². The highest BCUT2D eigenvalue weighted by Crippen LogP contribution is 2.17. The third-order valence-electron chi connectivity index (χ3n) is 4.43. The van der Waals surface area contributed by atoms with E-state index in [2.05, 4.69) is 5.32 Å². The molecule has 0 atom stereocenters. The molecule has 0 aliphatic carbocycles. The van der Waals surface area contributed by atoms with Crippen LogP contribution in [0.4, 0.5) is 0 Å². The van der Waals surface area contributed by atoms with E-state index >= 15 is 0 Å². The first kappa shape index (κ1) is 18.7. The Bertz CT molecular complexity index is 680. The summed E-state index contributed by atoms with van der Waals surface area (Å²) in [6.07, 6.45) is 1.27. The van der Waals surface area contributed by atoms with Crippen molar-refractivity contribution in [3.63, 3.8) is 0 Å². The predicted octanol–water partition coefficient (Wildman–Crippen LogP) is 1.61. The minimum Gasteiger partial charge on any atom is -0.484 e. The number of rotatable bonds is 6. The van der Waals surface area contributed by atoms with Gasteiger partial charge in [-0.3, -0.25) is 4.79 Å². The standard InChI is InChI=1S/C17H26N2O4S/c1-4-24(21,22)19-9-7-15(8-10-19)18-17(20)12-23-16-6-5-13(2)14(3)11-16/h5-6,11,15H,4,7-10,12H2,1-3H3,(H,18,20). The number of nitrogens with one attached hydrogen (secondary N) is 1. The van der Waals surface area contributed by atoms with Crippen LogP contribution in [0.2, 0.25) is 0 Å². The third-order valence-corrected chi connectivity index (χ3v) is 6.31. The molecular weight excluding hydrogens is 328 g/mol. The lowest BCUT2D eigenvalue weighted by Gasteiger charge is -2.31. The van der Waals surface area contributed by atoms with Gasteiger partial charge in [0.25, 0.3) is 5.91 Å². The second kappa shape index (κ2) is 7.98. The second-order valence-electron chi connectivity index (χ2n) is 6.18. The molecule has 7 heteroatoms. The molecule has 0 saturated carbocycles. The Hall–Kier alpha value is -1.60. The molecule has 134 valence electrons. The number of carbonyl (C=O) groups is 1. The summed E-state index contributed by atoms with van der Waals surface area (Å²) in [4.78, 5) is 12.0. The van der Waals surface area contributed by atoms with Gasteiger partial charge in [0.05, 0.1) is 5.75 Å². The van der Waals surface area contributed by atoms with E-state index in [0.717, 1.165) is 5.56 Å². The molecule has 1 heterocycles. The van der Waals surface area contributed by atoms with Crippen molar-refractivity contribution in [3.05, 3.63) is 29.3 Å². The molecule has 2 rings (SSSR count). The van der Waals surface area contributed by atoms with E-state index in [4.69, 9.17) is 4.74 Å². The van der Waals surface area contributed by atoms with Crippen LogP contribution in [-0.2, 0) is 14.8 Å². The van der Waals surface area contributed by atoms with Crippen molar-refractivity contribution < 1.29 is 17.9 Å². The number of amides is 1. The van der Waals surface area contributed by atoms with Crippen molar-refractivity contribution >= 4 is 15.9 Å². The first-order valence-corrected chi connectivity index (χ1v) is 9.90. The highest BCUT2D eigenvalue weighted by Gasteiger charge is 2.27. The normalized spacial score (nSPS) is 16.8. The highest BCUT2D eigenvalue weighted by atomic mass is 32.2. The van der Waals surface area contributed by atoms with E-state index < -0.39 is 10.0 Å². The molecule has 0 bridgehead atoms. The number of hydrogen-bond donors (Lipinski definition) is 1. The number of aryl methyl sites for hydroxylation is 2. The van der Waals surface area contributed by atoms with Gasteiger partial charge in [-0.05, 0) is 56.9 Å². The van der Waals surface area contributed by atoms with Gasteiger partial charge in [0.2, 0.25) is 10.0 Å². The smallest absolute Gasteiger partial charge is 0.258 e. The monoisotopic (exact) mass is 354 g/mol. The lowest BCUT2D eigenvalue weighted by Crippen LogP contribution is -2.47. The second-order valence-corrected chi connectivity index (χ2v) is 8.43. The fourth-order valence-corrected chi connectivity index (χ4v) is 3.82. The summed E-state index contributed by atoms with van der Waals surface area (Å²) in [5.41, 5.74) is 2.30. The molecule has 24 heavy (non-hydrogen) atoms. The van der Waals surface area contributed by atoms with Gasteiger partial charge < -0.3 is 10.1 Å². The Labute approximate surface area is 144 Å². The van der Waals surface area contributed by atoms with Crippen LogP contribution in [0.25, 0.3) is 0 Å². The Morgan fingerprint density at radius 2 is 1.92 bits per heavy atom. The van der Waals surface area contributed by atoms with Gasteiger partial charge in [0, 0.05) is 19.1 Å². The molecule has 1 aromatic rings. The first-order chi connectivity index (χ1) is 11.3. The van der Waals surface area contributed by atoms with E-state index in [1.807, 2.05) is 32.0 Å².